The number of nitrogens with one attached hydrogen (secondary N) is 3. The van der Waals surface area contributed by atoms with Crippen molar-refractivity contribution in [1.82, 2.24) is 15.6 Å². The standard InChI is InChI=1S/C21H23N5OS/c1-11-8-23-19-18-14-4-7-17(26-10-12-2-3-13(26)9-22-12)25-15(14)5-6-16(18)28-20(19)21(27)24-11/h4-7,11-13,22-23H,2-3,8-10H2,1H3,(H,24,27)/t11-,12+,13-/m1/s1. The highest BCUT2D eigenvalue weighted by Gasteiger charge is 2.34. The Kier molecular flexibility index (Phi) is 3.58. The molecular formula is C21H23N5OS. The first-order valence-corrected chi connectivity index (χ1v) is 10.9. The van der Waals surface area contributed by atoms with E-state index in [0.717, 1.165) is 57.0 Å². The summed E-state index contributed by atoms with van der Waals surface area (Å²) in [6.07, 6.45) is 2.51. The normalized spacial score (nSPS) is 26.8. The van der Waals surface area contributed by atoms with Crippen molar-refractivity contribution in [3.8, 4) is 0 Å². The molecule has 6 heterocycles. The maximum atomic E-state index is 12.6. The van der Waals surface area contributed by atoms with Crippen LogP contribution in [0.4, 0.5) is 11.5 Å². The number of nitrogens with zero attached hydrogens (tertiary/aromatic N) is 2. The summed E-state index contributed by atoms with van der Waals surface area (Å²) in [5, 5.41) is 12.4. The van der Waals surface area contributed by atoms with Gasteiger partial charge in [-0.05, 0) is 44.0 Å². The number of rotatable bonds is 1. The Morgan fingerprint density at radius 1 is 1.18 bits per heavy atom. The Morgan fingerprint density at radius 3 is 2.89 bits per heavy atom. The van der Waals surface area contributed by atoms with E-state index >= 15 is 0 Å². The predicted molar refractivity (Wildman–Crippen MR) is 115 cm³/mol. The van der Waals surface area contributed by atoms with Crippen LogP contribution in [0, 0.1) is 0 Å². The lowest BCUT2D eigenvalue weighted by molar-refractivity contribution is 0.0949. The van der Waals surface area contributed by atoms with Crippen molar-refractivity contribution in [2.45, 2.75) is 37.9 Å². The van der Waals surface area contributed by atoms with E-state index in [4.69, 9.17) is 4.98 Å². The number of anilines is 2. The molecule has 28 heavy (non-hydrogen) atoms. The fraction of sp³-hybridized carbons (Fsp3) is 0.429. The van der Waals surface area contributed by atoms with Gasteiger partial charge in [0.2, 0.25) is 0 Å². The molecule has 1 aromatic carbocycles. The van der Waals surface area contributed by atoms with Crippen molar-refractivity contribution in [3.63, 3.8) is 0 Å². The molecule has 3 N–H and O–H groups in total. The SMILES string of the molecule is C[C@@H]1CNc2c(sc3ccc4nc(N5C[C@@H]6CC[C@@H]5CN6)ccc4c23)C(=O)N1. The molecule has 0 unspecified atom stereocenters. The van der Waals surface area contributed by atoms with Crippen LogP contribution < -0.4 is 20.9 Å². The van der Waals surface area contributed by atoms with Crippen LogP contribution in [-0.2, 0) is 0 Å². The Bertz CT molecular complexity index is 1100. The number of pyridine rings is 1. The number of carbonyl (C=O) groups is 1. The lowest BCUT2D eigenvalue weighted by Crippen LogP contribution is -2.61. The molecule has 1 amide bonds. The van der Waals surface area contributed by atoms with Crippen molar-refractivity contribution >= 4 is 49.7 Å². The summed E-state index contributed by atoms with van der Waals surface area (Å²) in [5.74, 6) is 1.09. The predicted octanol–water partition coefficient (Wildman–Crippen LogP) is 2.93. The topological polar surface area (TPSA) is 69.3 Å². The summed E-state index contributed by atoms with van der Waals surface area (Å²) < 4.78 is 1.13. The van der Waals surface area contributed by atoms with E-state index in [-0.39, 0.29) is 11.9 Å². The van der Waals surface area contributed by atoms with E-state index in [1.165, 1.54) is 12.8 Å². The maximum Gasteiger partial charge on any atom is 0.263 e. The van der Waals surface area contributed by atoms with Crippen molar-refractivity contribution in [1.29, 1.82) is 0 Å². The van der Waals surface area contributed by atoms with Gasteiger partial charge in [-0.1, -0.05) is 0 Å². The molecule has 7 heteroatoms. The number of amides is 1. The molecule has 3 atom stereocenters. The largest absolute Gasteiger partial charge is 0.381 e. The summed E-state index contributed by atoms with van der Waals surface area (Å²) >= 11 is 1.56. The minimum absolute atomic E-state index is 0.0169. The van der Waals surface area contributed by atoms with Gasteiger partial charge in [0.1, 0.15) is 10.7 Å². The molecule has 144 valence electrons. The number of fused-ring (bicyclic) bond motifs is 8. The van der Waals surface area contributed by atoms with Crippen LogP contribution in [0.3, 0.4) is 0 Å². The molecule has 4 aliphatic rings. The van der Waals surface area contributed by atoms with Crippen LogP contribution in [0.15, 0.2) is 24.3 Å². The molecule has 0 aliphatic carbocycles. The summed E-state index contributed by atoms with van der Waals surface area (Å²) in [7, 11) is 0. The van der Waals surface area contributed by atoms with Gasteiger partial charge >= 0.3 is 0 Å². The highest BCUT2D eigenvalue weighted by atomic mass is 32.1. The molecule has 7 rings (SSSR count). The van der Waals surface area contributed by atoms with Crippen molar-refractivity contribution in [2.75, 3.05) is 29.9 Å². The maximum absolute atomic E-state index is 12.6. The Labute approximate surface area is 167 Å². The first-order chi connectivity index (χ1) is 13.7. The van der Waals surface area contributed by atoms with Crippen LogP contribution in [0.2, 0.25) is 0 Å². The lowest BCUT2D eigenvalue weighted by atomic mass is 9.93. The summed E-state index contributed by atoms with van der Waals surface area (Å²) in [6, 6.07) is 9.80. The Hall–Kier alpha value is -2.38. The molecular weight excluding hydrogens is 370 g/mol. The monoisotopic (exact) mass is 393 g/mol. The molecule has 3 fully saturated rings. The van der Waals surface area contributed by atoms with E-state index in [0.29, 0.717) is 12.1 Å². The van der Waals surface area contributed by atoms with Crippen molar-refractivity contribution in [2.24, 2.45) is 0 Å². The number of aromatic nitrogens is 1. The number of hydrogen-bond acceptors (Lipinski definition) is 6. The third-order valence-electron chi connectivity index (χ3n) is 6.32. The number of benzene rings is 1. The third-order valence-corrected chi connectivity index (χ3v) is 7.47. The summed E-state index contributed by atoms with van der Waals surface area (Å²) in [4.78, 5) is 20.9. The van der Waals surface area contributed by atoms with Crippen molar-refractivity contribution < 1.29 is 4.79 Å². The molecule has 2 bridgehead atoms. The number of carbonyl (C=O) groups excluding carboxylic acids is 1. The van der Waals surface area contributed by atoms with E-state index in [9.17, 15) is 4.79 Å². The van der Waals surface area contributed by atoms with Gasteiger partial charge in [0, 0.05) is 53.2 Å². The second-order valence-corrected chi connectivity index (χ2v) is 9.28. The van der Waals surface area contributed by atoms with Gasteiger partial charge in [0.15, 0.2) is 0 Å². The van der Waals surface area contributed by atoms with Gasteiger partial charge in [-0.25, -0.2) is 4.98 Å². The minimum atomic E-state index is 0.0169. The molecule has 3 aromatic rings. The van der Waals surface area contributed by atoms with E-state index < -0.39 is 0 Å². The first kappa shape index (κ1) is 16.6. The zero-order chi connectivity index (χ0) is 18.8. The molecule has 0 spiro atoms. The Balaban J connectivity index is 1.48. The smallest absolute Gasteiger partial charge is 0.263 e. The first-order valence-electron chi connectivity index (χ1n) is 10.1. The number of hydrogen-bond donors (Lipinski definition) is 3. The van der Waals surface area contributed by atoms with Crippen LogP contribution in [-0.4, -0.2) is 48.7 Å². The highest BCUT2D eigenvalue weighted by Crippen LogP contribution is 2.41. The second kappa shape index (κ2) is 6.06. The summed E-state index contributed by atoms with van der Waals surface area (Å²) in [6.45, 7) is 4.85. The number of thiophene rings is 1. The number of piperazine rings is 1. The quantitative estimate of drug-likeness (QED) is 0.593. The lowest BCUT2D eigenvalue weighted by Gasteiger charge is -2.46. The second-order valence-electron chi connectivity index (χ2n) is 8.23. The fourth-order valence-corrected chi connectivity index (χ4v) is 5.96. The molecule has 0 radical (unpaired) electrons. The average molecular weight is 394 g/mol. The van der Waals surface area contributed by atoms with Crippen molar-refractivity contribution in [3.05, 3.63) is 29.1 Å². The van der Waals surface area contributed by atoms with E-state index in [1.807, 2.05) is 6.92 Å². The van der Waals surface area contributed by atoms with Crippen LogP contribution >= 0.6 is 11.3 Å². The van der Waals surface area contributed by atoms with Crippen LogP contribution in [0.25, 0.3) is 21.0 Å². The Morgan fingerprint density at radius 2 is 2.11 bits per heavy atom. The molecule has 6 nitrogen and oxygen atoms in total. The van der Waals surface area contributed by atoms with E-state index in [1.54, 1.807) is 11.3 Å². The van der Waals surface area contributed by atoms with Crippen LogP contribution in [0.5, 0.6) is 0 Å². The average Bonchev–Trinajstić information content (AvgIpc) is 3.05. The molecule has 2 aromatic heterocycles. The highest BCUT2D eigenvalue weighted by molar-refractivity contribution is 7.21. The number of piperidine rings is 2. The third kappa shape index (κ3) is 2.42. The summed E-state index contributed by atoms with van der Waals surface area (Å²) in [5.41, 5.74) is 1.96. The molecule has 3 saturated heterocycles. The fourth-order valence-electron chi connectivity index (χ4n) is 4.86. The van der Waals surface area contributed by atoms with E-state index in [2.05, 4.69) is 45.1 Å². The van der Waals surface area contributed by atoms with Gasteiger partial charge in [-0.2, -0.15) is 0 Å². The van der Waals surface area contributed by atoms with Gasteiger partial charge in [-0.3, -0.25) is 4.79 Å². The minimum Gasteiger partial charge on any atom is -0.381 e. The molecule has 0 saturated carbocycles. The van der Waals surface area contributed by atoms with Gasteiger partial charge < -0.3 is 20.9 Å². The zero-order valence-electron chi connectivity index (χ0n) is 15.8. The van der Waals surface area contributed by atoms with Gasteiger partial charge in [0.05, 0.1) is 11.2 Å². The zero-order valence-corrected chi connectivity index (χ0v) is 16.6. The molecule has 4 aliphatic heterocycles. The van der Waals surface area contributed by atoms with Gasteiger partial charge in [0.25, 0.3) is 5.91 Å². The van der Waals surface area contributed by atoms with Gasteiger partial charge in [-0.15, -0.1) is 11.3 Å². The van der Waals surface area contributed by atoms with Crippen LogP contribution in [0.1, 0.15) is 29.4 Å².